The molecule has 0 bridgehead atoms. The molecule has 110 valence electrons. The number of methoxy groups -OCH3 is 1. The van der Waals surface area contributed by atoms with Gasteiger partial charge in [-0.15, -0.1) is 0 Å². The van der Waals surface area contributed by atoms with Gasteiger partial charge >= 0.3 is 5.97 Å². The minimum atomic E-state index is -0.467. The van der Waals surface area contributed by atoms with Crippen molar-refractivity contribution in [1.29, 1.82) is 0 Å². The number of benzene rings is 1. The summed E-state index contributed by atoms with van der Waals surface area (Å²) >= 11 is 0. The van der Waals surface area contributed by atoms with Crippen LogP contribution < -0.4 is 10.6 Å². The first-order chi connectivity index (χ1) is 9.95. The van der Waals surface area contributed by atoms with Crippen LogP contribution in [-0.4, -0.2) is 25.1 Å². The second-order valence-corrected chi connectivity index (χ2v) is 4.94. The van der Waals surface area contributed by atoms with Crippen molar-refractivity contribution in [2.75, 3.05) is 24.8 Å². The number of nitrogens with zero attached hydrogens (tertiary/aromatic N) is 2. The first-order valence-electron chi connectivity index (χ1n) is 6.59. The smallest absolute Gasteiger partial charge is 0.340 e. The number of aryl methyl sites for hydroxylation is 2. The van der Waals surface area contributed by atoms with Crippen LogP contribution in [0.25, 0.3) is 0 Å². The highest BCUT2D eigenvalue weighted by Crippen LogP contribution is 2.31. The predicted molar refractivity (Wildman–Crippen MR) is 84.0 cm³/mol. The van der Waals surface area contributed by atoms with Crippen LogP contribution in [0.1, 0.15) is 21.5 Å². The van der Waals surface area contributed by atoms with Gasteiger partial charge in [-0.1, -0.05) is 17.7 Å². The normalized spacial score (nSPS) is 10.3. The Labute approximate surface area is 124 Å². The van der Waals surface area contributed by atoms with E-state index in [-0.39, 0.29) is 0 Å². The Hall–Kier alpha value is -2.56. The Morgan fingerprint density at radius 1 is 1.29 bits per heavy atom. The lowest BCUT2D eigenvalue weighted by molar-refractivity contribution is 0.0602. The molecule has 0 aliphatic heterocycles. The number of carbonyl (C=O) groups is 1. The minimum Gasteiger partial charge on any atom is -0.465 e. The zero-order valence-electron chi connectivity index (χ0n) is 12.7. The van der Waals surface area contributed by atoms with E-state index in [1.54, 1.807) is 12.3 Å². The predicted octanol–water partition coefficient (Wildman–Crippen LogP) is 2.84. The zero-order valence-corrected chi connectivity index (χ0v) is 12.7. The van der Waals surface area contributed by atoms with Crippen molar-refractivity contribution in [2.24, 2.45) is 0 Å². The number of hydrogen-bond acceptors (Lipinski definition) is 5. The van der Waals surface area contributed by atoms with Crippen LogP contribution in [0.3, 0.4) is 0 Å². The molecule has 0 unspecified atom stereocenters. The molecule has 1 aromatic carbocycles. The first kappa shape index (κ1) is 14.8. The van der Waals surface area contributed by atoms with Crippen LogP contribution in [0.5, 0.6) is 0 Å². The number of carbonyl (C=O) groups excluding carboxylic acids is 1. The van der Waals surface area contributed by atoms with Gasteiger partial charge in [0.15, 0.2) is 5.82 Å². The SMILES string of the molecule is COC(=O)c1ccnc(N(C)c2ccc(C)cc2C)c1N. The lowest BCUT2D eigenvalue weighted by atomic mass is 10.1. The Morgan fingerprint density at radius 2 is 2.00 bits per heavy atom. The highest BCUT2D eigenvalue weighted by atomic mass is 16.5. The topological polar surface area (TPSA) is 68.5 Å². The van der Waals surface area contributed by atoms with Crippen LogP contribution in [0.2, 0.25) is 0 Å². The molecule has 0 aliphatic carbocycles. The number of aromatic nitrogens is 1. The summed E-state index contributed by atoms with van der Waals surface area (Å²) in [4.78, 5) is 17.9. The maximum absolute atomic E-state index is 11.7. The summed E-state index contributed by atoms with van der Waals surface area (Å²) < 4.78 is 4.73. The van der Waals surface area contributed by atoms with Crippen molar-refractivity contribution in [3.8, 4) is 0 Å². The lowest BCUT2D eigenvalue weighted by Gasteiger charge is -2.23. The Kier molecular flexibility index (Phi) is 4.12. The van der Waals surface area contributed by atoms with Gasteiger partial charge in [0.25, 0.3) is 0 Å². The molecule has 5 nitrogen and oxygen atoms in total. The van der Waals surface area contributed by atoms with Crippen molar-refractivity contribution in [3.05, 3.63) is 47.2 Å². The quantitative estimate of drug-likeness (QED) is 0.878. The average Bonchev–Trinajstić information content (AvgIpc) is 2.46. The Bertz CT molecular complexity index is 683. The van der Waals surface area contributed by atoms with E-state index >= 15 is 0 Å². The fourth-order valence-electron chi connectivity index (χ4n) is 2.31. The van der Waals surface area contributed by atoms with Gasteiger partial charge in [-0.25, -0.2) is 9.78 Å². The summed E-state index contributed by atoms with van der Waals surface area (Å²) in [6.07, 6.45) is 1.55. The molecule has 0 amide bonds. The summed E-state index contributed by atoms with van der Waals surface area (Å²) in [5.41, 5.74) is 9.99. The second kappa shape index (κ2) is 5.83. The molecule has 1 heterocycles. The maximum atomic E-state index is 11.7. The van der Waals surface area contributed by atoms with Gasteiger partial charge in [-0.2, -0.15) is 0 Å². The molecule has 2 rings (SSSR count). The third kappa shape index (κ3) is 2.81. The molecule has 0 atom stereocenters. The number of nitrogen functional groups attached to an aromatic ring is 1. The molecular formula is C16H19N3O2. The second-order valence-electron chi connectivity index (χ2n) is 4.94. The molecule has 5 heteroatoms. The Balaban J connectivity index is 2.48. The summed E-state index contributed by atoms with van der Waals surface area (Å²) in [6, 6.07) is 7.68. The van der Waals surface area contributed by atoms with E-state index in [1.807, 2.05) is 37.9 Å². The van der Waals surface area contributed by atoms with E-state index in [2.05, 4.69) is 11.1 Å². The molecule has 1 aromatic heterocycles. The summed E-state index contributed by atoms with van der Waals surface area (Å²) in [5, 5.41) is 0. The fourth-order valence-corrected chi connectivity index (χ4v) is 2.31. The van der Waals surface area contributed by atoms with Crippen molar-refractivity contribution in [1.82, 2.24) is 4.98 Å². The van der Waals surface area contributed by atoms with Crippen LogP contribution in [0.4, 0.5) is 17.2 Å². The molecule has 0 saturated carbocycles. The highest BCUT2D eigenvalue weighted by Gasteiger charge is 2.18. The minimum absolute atomic E-state index is 0.312. The number of rotatable bonds is 3. The largest absolute Gasteiger partial charge is 0.465 e. The molecule has 2 N–H and O–H groups in total. The first-order valence-corrected chi connectivity index (χ1v) is 6.59. The van der Waals surface area contributed by atoms with Gasteiger partial charge in [0.1, 0.15) is 0 Å². The lowest BCUT2D eigenvalue weighted by Crippen LogP contribution is -2.17. The fraction of sp³-hybridized carbons (Fsp3) is 0.250. The molecule has 0 radical (unpaired) electrons. The highest BCUT2D eigenvalue weighted by molar-refractivity contribution is 5.98. The van der Waals surface area contributed by atoms with Gasteiger partial charge in [0.05, 0.1) is 18.4 Å². The maximum Gasteiger partial charge on any atom is 0.340 e. The summed E-state index contributed by atoms with van der Waals surface area (Å²) in [6.45, 7) is 4.07. The van der Waals surface area contributed by atoms with Crippen molar-refractivity contribution in [2.45, 2.75) is 13.8 Å². The molecule has 0 aliphatic rings. The molecule has 0 fully saturated rings. The summed E-state index contributed by atoms with van der Waals surface area (Å²) in [7, 11) is 3.20. The van der Waals surface area contributed by atoms with Gasteiger partial charge in [-0.05, 0) is 31.5 Å². The summed E-state index contributed by atoms with van der Waals surface area (Å²) in [5.74, 6) is 0.0648. The molecule has 2 aromatic rings. The standard InChI is InChI=1S/C16H19N3O2/c1-10-5-6-13(11(2)9-10)19(3)15-14(17)12(7-8-18-15)16(20)21-4/h5-9H,17H2,1-4H3. The molecule has 0 spiro atoms. The third-order valence-corrected chi connectivity index (χ3v) is 3.41. The van der Waals surface area contributed by atoms with Crippen LogP contribution >= 0.6 is 0 Å². The van der Waals surface area contributed by atoms with Gasteiger partial charge in [0.2, 0.25) is 0 Å². The van der Waals surface area contributed by atoms with Crippen LogP contribution in [0, 0.1) is 13.8 Å². The van der Waals surface area contributed by atoms with Gasteiger partial charge in [-0.3, -0.25) is 0 Å². The van der Waals surface area contributed by atoms with E-state index < -0.39 is 5.97 Å². The number of ether oxygens (including phenoxy) is 1. The number of esters is 1. The van der Waals surface area contributed by atoms with Crippen LogP contribution in [0.15, 0.2) is 30.5 Å². The van der Waals surface area contributed by atoms with Crippen molar-refractivity contribution < 1.29 is 9.53 Å². The van der Waals surface area contributed by atoms with E-state index in [0.29, 0.717) is 17.1 Å². The van der Waals surface area contributed by atoms with E-state index in [9.17, 15) is 4.79 Å². The monoisotopic (exact) mass is 285 g/mol. The van der Waals surface area contributed by atoms with E-state index in [1.165, 1.54) is 12.7 Å². The number of anilines is 3. The molecule has 0 saturated heterocycles. The molecular weight excluding hydrogens is 266 g/mol. The number of hydrogen-bond donors (Lipinski definition) is 1. The van der Waals surface area contributed by atoms with E-state index in [0.717, 1.165) is 11.3 Å². The Morgan fingerprint density at radius 3 is 2.62 bits per heavy atom. The average molecular weight is 285 g/mol. The number of pyridine rings is 1. The zero-order chi connectivity index (χ0) is 15.6. The van der Waals surface area contributed by atoms with Gasteiger partial charge in [0, 0.05) is 18.9 Å². The third-order valence-electron chi connectivity index (χ3n) is 3.41. The molecule has 21 heavy (non-hydrogen) atoms. The van der Waals surface area contributed by atoms with E-state index in [4.69, 9.17) is 10.5 Å². The van der Waals surface area contributed by atoms with Crippen molar-refractivity contribution >= 4 is 23.2 Å². The number of nitrogens with two attached hydrogens (primary N) is 1. The van der Waals surface area contributed by atoms with Crippen molar-refractivity contribution in [3.63, 3.8) is 0 Å². The van der Waals surface area contributed by atoms with Crippen LogP contribution in [-0.2, 0) is 4.74 Å². The van der Waals surface area contributed by atoms with Gasteiger partial charge < -0.3 is 15.4 Å².